The summed E-state index contributed by atoms with van der Waals surface area (Å²) in [5.74, 6) is 1.02. The van der Waals surface area contributed by atoms with Gasteiger partial charge in [0, 0.05) is 10.0 Å². The number of hydrogen-bond donors (Lipinski definition) is 1. The topological polar surface area (TPSA) is 59.9 Å². The van der Waals surface area contributed by atoms with Gasteiger partial charge in [-0.1, -0.05) is 33.6 Å². The number of carbonyl (C=O) groups excluding carboxylic acids is 1. The number of methoxy groups -OCH3 is 1. The summed E-state index contributed by atoms with van der Waals surface area (Å²) in [4.78, 5) is 11.8. The molecule has 0 fully saturated rings. The summed E-state index contributed by atoms with van der Waals surface area (Å²) in [5.41, 5.74) is 5.33. The zero-order chi connectivity index (χ0) is 17.5. The van der Waals surface area contributed by atoms with E-state index in [0.29, 0.717) is 11.5 Å². The molecule has 0 saturated carbocycles. The average molecular weight is 391 g/mol. The van der Waals surface area contributed by atoms with Crippen LogP contribution in [0.1, 0.15) is 16.7 Å². The van der Waals surface area contributed by atoms with Crippen LogP contribution in [-0.4, -0.2) is 25.8 Å². The van der Waals surface area contributed by atoms with E-state index >= 15 is 0 Å². The van der Waals surface area contributed by atoms with Crippen LogP contribution in [-0.2, 0) is 4.79 Å². The Bertz CT molecular complexity index is 760. The smallest absolute Gasteiger partial charge is 0.277 e. The maximum absolute atomic E-state index is 11.8. The first-order chi connectivity index (χ1) is 11.5. The van der Waals surface area contributed by atoms with Crippen LogP contribution in [0.5, 0.6) is 11.5 Å². The van der Waals surface area contributed by atoms with E-state index in [-0.39, 0.29) is 12.5 Å². The van der Waals surface area contributed by atoms with Crippen molar-refractivity contribution in [2.45, 2.75) is 13.8 Å². The number of hydrazone groups is 1. The Morgan fingerprint density at radius 3 is 2.67 bits per heavy atom. The monoisotopic (exact) mass is 390 g/mol. The van der Waals surface area contributed by atoms with Crippen LogP contribution in [0.15, 0.2) is 46.0 Å². The van der Waals surface area contributed by atoms with Crippen LogP contribution in [0.25, 0.3) is 0 Å². The van der Waals surface area contributed by atoms with Gasteiger partial charge in [-0.25, -0.2) is 5.43 Å². The third-order valence-corrected chi connectivity index (χ3v) is 3.77. The molecule has 2 rings (SSSR count). The van der Waals surface area contributed by atoms with Crippen molar-refractivity contribution in [3.05, 3.63) is 57.6 Å². The molecule has 0 aromatic heterocycles. The molecule has 5 nitrogen and oxygen atoms in total. The fourth-order valence-corrected chi connectivity index (χ4v) is 2.50. The van der Waals surface area contributed by atoms with E-state index in [1.54, 1.807) is 7.11 Å². The molecule has 0 saturated heterocycles. The van der Waals surface area contributed by atoms with Crippen LogP contribution in [0.3, 0.4) is 0 Å². The van der Waals surface area contributed by atoms with Crippen LogP contribution >= 0.6 is 15.9 Å². The van der Waals surface area contributed by atoms with Gasteiger partial charge in [-0.2, -0.15) is 5.10 Å². The van der Waals surface area contributed by atoms with Crippen LogP contribution < -0.4 is 14.9 Å². The molecule has 0 unspecified atom stereocenters. The van der Waals surface area contributed by atoms with Gasteiger partial charge in [0.25, 0.3) is 5.91 Å². The highest BCUT2D eigenvalue weighted by Gasteiger charge is 2.05. The molecule has 0 bridgehead atoms. The lowest BCUT2D eigenvalue weighted by atomic mass is 10.1. The number of carbonyl (C=O) groups is 1. The summed E-state index contributed by atoms with van der Waals surface area (Å²) < 4.78 is 11.6. The number of aryl methyl sites for hydroxylation is 2. The Labute approximate surface area is 149 Å². The molecule has 0 heterocycles. The normalized spacial score (nSPS) is 10.7. The van der Waals surface area contributed by atoms with E-state index in [1.165, 1.54) is 6.21 Å². The first-order valence-corrected chi connectivity index (χ1v) is 8.14. The molecule has 126 valence electrons. The molecule has 0 atom stereocenters. The molecular formula is C18H19BrN2O3. The minimum atomic E-state index is -0.333. The number of benzene rings is 2. The van der Waals surface area contributed by atoms with E-state index in [9.17, 15) is 4.79 Å². The molecule has 0 aliphatic heterocycles. The summed E-state index contributed by atoms with van der Waals surface area (Å²) in [6.45, 7) is 3.85. The largest absolute Gasteiger partial charge is 0.496 e. The number of nitrogens with one attached hydrogen (secondary N) is 1. The zero-order valence-electron chi connectivity index (χ0n) is 13.8. The quantitative estimate of drug-likeness (QED) is 0.605. The summed E-state index contributed by atoms with van der Waals surface area (Å²) in [6, 6.07) is 11.3. The highest BCUT2D eigenvalue weighted by molar-refractivity contribution is 9.10. The van der Waals surface area contributed by atoms with E-state index in [1.807, 2.05) is 50.2 Å². The Morgan fingerprint density at radius 1 is 1.21 bits per heavy atom. The third kappa shape index (κ3) is 5.09. The van der Waals surface area contributed by atoms with E-state index in [2.05, 4.69) is 26.5 Å². The summed E-state index contributed by atoms with van der Waals surface area (Å²) in [7, 11) is 1.58. The number of amides is 1. The van der Waals surface area contributed by atoms with Crippen molar-refractivity contribution in [1.82, 2.24) is 5.43 Å². The van der Waals surface area contributed by atoms with Gasteiger partial charge in [-0.05, 0) is 43.7 Å². The van der Waals surface area contributed by atoms with Crippen LogP contribution in [0, 0.1) is 13.8 Å². The first kappa shape index (κ1) is 18.0. The highest BCUT2D eigenvalue weighted by atomic mass is 79.9. The van der Waals surface area contributed by atoms with Crippen molar-refractivity contribution in [1.29, 1.82) is 0 Å². The third-order valence-electron chi connectivity index (χ3n) is 3.27. The Hall–Kier alpha value is -2.34. The Kier molecular flexibility index (Phi) is 6.37. The molecule has 0 radical (unpaired) electrons. The van der Waals surface area contributed by atoms with Gasteiger partial charge >= 0.3 is 0 Å². The van der Waals surface area contributed by atoms with Gasteiger partial charge in [0.2, 0.25) is 0 Å². The van der Waals surface area contributed by atoms with Crippen LogP contribution in [0.4, 0.5) is 0 Å². The van der Waals surface area contributed by atoms with Crippen molar-refractivity contribution < 1.29 is 14.3 Å². The Balaban J connectivity index is 1.90. The molecule has 24 heavy (non-hydrogen) atoms. The number of rotatable bonds is 6. The molecule has 1 amide bonds. The van der Waals surface area contributed by atoms with Gasteiger partial charge in [0.15, 0.2) is 6.61 Å². The number of hydrogen-bond acceptors (Lipinski definition) is 4. The molecular weight excluding hydrogens is 372 g/mol. The SMILES string of the molecule is COc1ccc(Br)cc1/C=N\NC(=O)COc1ccc(C)cc1C. The second-order valence-corrected chi connectivity index (χ2v) is 6.15. The van der Waals surface area contributed by atoms with E-state index in [4.69, 9.17) is 9.47 Å². The lowest BCUT2D eigenvalue weighted by Gasteiger charge is -2.08. The van der Waals surface area contributed by atoms with E-state index < -0.39 is 0 Å². The minimum absolute atomic E-state index is 0.100. The number of halogens is 1. The lowest BCUT2D eigenvalue weighted by molar-refractivity contribution is -0.123. The second kappa shape index (κ2) is 8.49. The molecule has 0 aliphatic carbocycles. The molecule has 2 aromatic carbocycles. The summed E-state index contributed by atoms with van der Waals surface area (Å²) in [5, 5.41) is 3.93. The Morgan fingerprint density at radius 2 is 1.96 bits per heavy atom. The van der Waals surface area contributed by atoms with Gasteiger partial charge in [-0.15, -0.1) is 0 Å². The van der Waals surface area contributed by atoms with Gasteiger partial charge in [-0.3, -0.25) is 4.79 Å². The molecule has 0 spiro atoms. The van der Waals surface area contributed by atoms with Crippen molar-refractivity contribution in [3.8, 4) is 11.5 Å². The number of nitrogens with zero attached hydrogens (tertiary/aromatic N) is 1. The molecule has 2 aromatic rings. The van der Waals surface area contributed by atoms with Crippen molar-refractivity contribution in [3.63, 3.8) is 0 Å². The zero-order valence-corrected chi connectivity index (χ0v) is 15.4. The first-order valence-electron chi connectivity index (χ1n) is 7.35. The maximum atomic E-state index is 11.8. The lowest BCUT2D eigenvalue weighted by Crippen LogP contribution is -2.24. The van der Waals surface area contributed by atoms with Gasteiger partial charge < -0.3 is 9.47 Å². The van der Waals surface area contributed by atoms with Crippen molar-refractivity contribution >= 4 is 28.1 Å². The van der Waals surface area contributed by atoms with Crippen LogP contribution in [0.2, 0.25) is 0 Å². The highest BCUT2D eigenvalue weighted by Crippen LogP contribution is 2.21. The predicted molar refractivity (Wildman–Crippen MR) is 97.8 cm³/mol. The summed E-state index contributed by atoms with van der Waals surface area (Å²) in [6.07, 6.45) is 1.53. The fraction of sp³-hybridized carbons (Fsp3) is 0.222. The predicted octanol–water partition coefficient (Wildman–Crippen LogP) is 3.60. The van der Waals surface area contributed by atoms with Gasteiger partial charge in [0.1, 0.15) is 11.5 Å². The fourth-order valence-electron chi connectivity index (χ4n) is 2.12. The second-order valence-electron chi connectivity index (χ2n) is 5.24. The maximum Gasteiger partial charge on any atom is 0.277 e. The van der Waals surface area contributed by atoms with E-state index in [0.717, 1.165) is 21.2 Å². The van der Waals surface area contributed by atoms with Crippen molar-refractivity contribution in [2.75, 3.05) is 13.7 Å². The van der Waals surface area contributed by atoms with Gasteiger partial charge in [0.05, 0.1) is 13.3 Å². The number of ether oxygens (including phenoxy) is 2. The standard InChI is InChI=1S/C18H19BrN2O3/c1-12-4-6-16(13(2)8-12)24-11-18(22)21-20-10-14-9-15(19)5-7-17(14)23-3/h4-10H,11H2,1-3H3,(H,21,22)/b20-10-. The molecule has 0 aliphatic rings. The molecule has 6 heteroatoms. The summed E-state index contributed by atoms with van der Waals surface area (Å²) >= 11 is 3.38. The molecule has 1 N–H and O–H groups in total. The minimum Gasteiger partial charge on any atom is -0.496 e. The average Bonchev–Trinajstić information content (AvgIpc) is 2.54. The van der Waals surface area contributed by atoms with Crippen molar-refractivity contribution in [2.24, 2.45) is 5.10 Å².